The molecule has 0 aliphatic carbocycles. The number of carbonyl (C=O) groups is 1. The zero-order valence-electron chi connectivity index (χ0n) is 13.9. The lowest BCUT2D eigenvalue weighted by atomic mass is 9.98. The number of hydrogen-bond acceptors (Lipinski definition) is 4. The molecule has 0 aliphatic heterocycles. The van der Waals surface area contributed by atoms with Crippen molar-refractivity contribution in [1.82, 2.24) is 0 Å². The van der Waals surface area contributed by atoms with Crippen LogP contribution in [0.4, 0.5) is 11.4 Å². The molecule has 0 saturated carbocycles. The Balaban J connectivity index is 2.09. The molecule has 2 aromatic carbocycles. The number of nitro benzene ring substituents is 1. The number of nitrogens with zero attached hydrogens (tertiary/aromatic N) is 1. The van der Waals surface area contributed by atoms with Crippen LogP contribution in [0.15, 0.2) is 42.5 Å². The number of nitro groups is 1. The number of amides is 1. The molecule has 0 aromatic heterocycles. The molecule has 1 N–H and O–H groups in total. The number of ether oxygens (including phenoxy) is 1. The summed E-state index contributed by atoms with van der Waals surface area (Å²) >= 11 is 0. The Hall–Kier alpha value is -2.89. The maximum atomic E-state index is 12.2. The lowest BCUT2D eigenvalue weighted by Crippen LogP contribution is -2.22. The lowest BCUT2D eigenvalue weighted by molar-refractivity contribution is -0.385. The third-order valence-corrected chi connectivity index (χ3v) is 3.61. The second-order valence-electron chi connectivity index (χ2n) is 5.76. The van der Waals surface area contributed by atoms with Gasteiger partial charge in [-0.2, -0.15) is 0 Å². The molecule has 0 bridgehead atoms. The minimum atomic E-state index is -0.536. The molecule has 24 heavy (non-hydrogen) atoms. The van der Waals surface area contributed by atoms with Gasteiger partial charge >= 0.3 is 5.69 Å². The number of carbonyl (C=O) groups excluding carboxylic acids is 1. The highest BCUT2D eigenvalue weighted by molar-refractivity contribution is 5.93. The van der Waals surface area contributed by atoms with Gasteiger partial charge in [0, 0.05) is 11.8 Å². The molecule has 6 heteroatoms. The predicted octanol–water partition coefficient (Wildman–Crippen LogP) is 4.04. The largest absolute Gasteiger partial charge is 0.477 e. The third kappa shape index (κ3) is 4.10. The van der Waals surface area contributed by atoms with Crippen LogP contribution < -0.4 is 10.1 Å². The smallest absolute Gasteiger partial charge is 0.310 e. The van der Waals surface area contributed by atoms with E-state index in [9.17, 15) is 14.9 Å². The molecule has 1 amide bonds. The Morgan fingerprint density at radius 1 is 1.21 bits per heavy atom. The zero-order chi connectivity index (χ0) is 17.7. The van der Waals surface area contributed by atoms with E-state index in [1.54, 1.807) is 12.1 Å². The van der Waals surface area contributed by atoms with Crippen LogP contribution in [0.2, 0.25) is 0 Å². The summed E-state index contributed by atoms with van der Waals surface area (Å²) in [5.41, 5.74) is 2.60. The van der Waals surface area contributed by atoms with E-state index in [-0.39, 0.29) is 29.9 Å². The fraction of sp³-hybridized carbons (Fsp3) is 0.278. The van der Waals surface area contributed by atoms with E-state index < -0.39 is 4.92 Å². The molecule has 0 spiro atoms. The average molecular weight is 328 g/mol. The second-order valence-corrected chi connectivity index (χ2v) is 5.76. The molecule has 6 nitrogen and oxygen atoms in total. The normalized spacial score (nSPS) is 10.5. The number of nitrogens with one attached hydrogen (secondary N) is 1. The van der Waals surface area contributed by atoms with Crippen LogP contribution in [0.3, 0.4) is 0 Å². The Morgan fingerprint density at radius 3 is 2.58 bits per heavy atom. The van der Waals surface area contributed by atoms with Crippen LogP contribution in [0, 0.1) is 17.0 Å². The van der Waals surface area contributed by atoms with E-state index in [4.69, 9.17) is 4.74 Å². The Labute approximate surface area is 140 Å². The zero-order valence-corrected chi connectivity index (χ0v) is 13.9. The lowest BCUT2D eigenvalue weighted by Gasteiger charge is -2.16. The number of anilines is 1. The van der Waals surface area contributed by atoms with Crippen molar-refractivity contribution < 1.29 is 14.5 Å². The first-order valence-electron chi connectivity index (χ1n) is 7.65. The Kier molecular flexibility index (Phi) is 5.52. The van der Waals surface area contributed by atoms with Crippen LogP contribution in [-0.2, 0) is 4.79 Å². The highest BCUT2D eigenvalue weighted by Gasteiger charge is 2.16. The summed E-state index contributed by atoms with van der Waals surface area (Å²) in [7, 11) is 0. The average Bonchev–Trinajstić information content (AvgIpc) is 2.54. The van der Waals surface area contributed by atoms with Crippen molar-refractivity contribution in [3.63, 3.8) is 0 Å². The molecule has 0 unspecified atom stereocenters. The van der Waals surface area contributed by atoms with Crippen molar-refractivity contribution in [1.29, 1.82) is 0 Å². The van der Waals surface area contributed by atoms with Gasteiger partial charge in [-0.1, -0.05) is 44.2 Å². The summed E-state index contributed by atoms with van der Waals surface area (Å²) in [4.78, 5) is 22.6. The van der Waals surface area contributed by atoms with E-state index in [0.717, 1.165) is 16.8 Å². The summed E-state index contributed by atoms with van der Waals surface area (Å²) in [5.74, 6) is -0.0211. The molecule has 0 aliphatic rings. The third-order valence-electron chi connectivity index (χ3n) is 3.61. The SMILES string of the molecule is Cc1cccc(C(C)C)c1NC(=O)COc1ccccc1[N+](=O)[O-]. The van der Waals surface area contributed by atoms with Crippen molar-refractivity contribution in [2.75, 3.05) is 11.9 Å². The Morgan fingerprint density at radius 2 is 1.92 bits per heavy atom. The molecule has 0 heterocycles. The first kappa shape index (κ1) is 17.5. The van der Waals surface area contributed by atoms with Gasteiger partial charge in [-0.3, -0.25) is 14.9 Å². The van der Waals surface area contributed by atoms with Crippen LogP contribution in [0.25, 0.3) is 0 Å². The van der Waals surface area contributed by atoms with Gasteiger partial charge in [-0.25, -0.2) is 0 Å². The van der Waals surface area contributed by atoms with Crippen LogP contribution in [0.1, 0.15) is 30.9 Å². The van der Waals surface area contributed by atoms with Gasteiger partial charge < -0.3 is 10.1 Å². The van der Waals surface area contributed by atoms with E-state index in [2.05, 4.69) is 5.32 Å². The quantitative estimate of drug-likeness (QED) is 0.641. The monoisotopic (exact) mass is 328 g/mol. The summed E-state index contributed by atoms with van der Waals surface area (Å²) in [6.45, 7) is 5.73. The minimum absolute atomic E-state index is 0.0755. The molecule has 2 aromatic rings. The van der Waals surface area contributed by atoms with E-state index in [1.165, 1.54) is 12.1 Å². The van der Waals surface area contributed by atoms with Gasteiger partial charge in [0.25, 0.3) is 5.91 Å². The van der Waals surface area contributed by atoms with Crippen molar-refractivity contribution in [3.8, 4) is 5.75 Å². The van der Waals surface area contributed by atoms with Crippen molar-refractivity contribution >= 4 is 17.3 Å². The maximum absolute atomic E-state index is 12.2. The number of aryl methyl sites for hydroxylation is 1. The first-order valence-corrected chi connectivity index (χ1v) is 7.65. The van der Waals surface area contributed by atoms with Crippen LogP contribution in [0.5, 0.6) is 5.75 Å². The maximum Gasteiger partial charge on any atom is 0.310 e. The van der Waals surface area contributed by atoms with Gasteiger partial charge in [0.2, 0.25) is 0 Å². The standard InChI is InChI=1S/C18H20N2O4/c1-12(2)14-8-6-7-13(3)18(14)19-17(21)11-24-16-10-5-4-9-15(16)20(22)23/h4-10,12H,11H2,1-3H3,(H,19,21). The second kappa shape index (κ2) is 7.59. The summed E-state index contributed by atoms with van der Waals surface area (Å²) in [6.07, 6.45) is 0. The highest BCUT2D eigenvalue weighted by atomic mass is 16.6. The minimum Gasteiger partial charge on any atom is -0.477 e. The van der Waals surface area contributed by atoms with Gasteiger partial charge in [-0.05, 0) is 30.0 Å². The molecule has 0 fully saturated rings. The molecular weight excluding hydrogens is 308 g/mol. The molecule has 2 rings (SSSR count). The molecule has 0 saturated heterocycles. The number of hydrogen-bond donors (Lipinski definition) is 1. The van der Waals surface area contributed by atoms with E-state index in [0.29, 0.717) is 0 Å². The summed E-state index contributed by atoms with van der Waals surface area (Å²) in [6, 6.07) is 11.8. The fourth-order valence-electron chi connectivity index (χ4n) is 2.39. The molecule has 126 valence electrons. The van der Waals surface area contributed by atoms with Gasteiger partial charge in [0.05, 0.1) is 4.92 Å². The fourth-order valence-corrected chi connectivity index (χ4v) is 2.39. The van der Waals surface area contributed by atoms with Gasteiger partial charge in [0.15, 0.2) is 12.4 Å². The molecular formula is C18H20N2O4. The van der Waals surface area contributed by atoms with Gasteiger partial charge in [0.1, 0.15) is 0 Å². The molecule has 0 atom stereocenters. The number of rotatable bonds is 6. The molecule has 0 radical (unpaired) electrons. The van der Waals surface area contributed by atoms with E-state index >= 15 is 0 Å². The van der Waals surface area contributed by atoms with Crippen molar-refractivity contribution in [2.45, 2.75) is 26.7 Å². The first-order chi connectivity index (χ1) is 11.4. The highest BCUT2D eigenvalue weighted by Crippen LogP contribution is 2.28. The van der Waals surface area contributed by atoms with Crippen LogP contribution in [-0.4, -0.2) is 17.4 Å². The summed E-state index contributed by atoms with van der Waals surface area (Å²) in [5, 5.41) is 13.8. The summed E-state index contributed by atoms with van der Waals surface area (Å²) < 4.78 is 5.32. The van der Waals surface area contributed by atoms with Crippen molar-refractivity contribution in [3.05, 3.63) is 63.7 Å². The van der Waals surface area contributed by atoms with Gasteiger partial charge in [-0.15, -0.1) is 0 Å². The van der Waals surface area contributed by atoms with E-state index in [1.807, 2.05) is 39.0 Å². The topological polar surface area (TPSA) is 81.5 Å². The number of benzene rings is 2. The Bertz CT molecular complexity index is 756. The van der Waals surface area contributed by atoms with Crippen LogP contribution >= 0.6 is 0 Å². The predicted molar refractivity (Wildman–Crippen MR) is 92.5 cm³/mol. The number of para-hydroxylation sites is 3. The van der Waals surface area contributed by atoms with Crippen molar-refractivity contribution in [2.24, 2.45) is 0 Å².